The summed E-state index contributed by atoms with van der Waals surface area (Å²) in [5.41, 5.74) is -1.44. The first kappa shape index (κ1) is 13.6. The zero-order chi connectivity index (χ0) is 14.1. The Hall–Kier alpha value is -1.78. The van der Waals surface area contributed by atoms with Gasteiger partial charge in [0.25, 0.3) is 0 Å². The van der Waals surface area contributed by atoms with Gasteiger partial charge in [-0.05, 0) is 17.6 Å². The Balaban J connectivity index is 2.41. The van der Waals surface area contributed by atoms with Crippen molar-refractivity contribution in [2.75, 3.05) is 0 Å². The third kappa shape index (κ3) is 2.50. The van der Waals surface area contributed by atoms with Crippen LogP contribution in [-0.4, -0.2) is 17.7 Å². The molecule has 1 aromatic rings. The molecule has 2 rings (SSSR count). The van der Waals surface area contributed by atoms with Gasteiger partial charge < -0.3 is 4.74 Å². The zero-order valence-corrected chi connectivity index (χ0v) is 10.3. The highest BCUT2D eigenvalue weighted by Gasteiger charge is 2.58. The fourth-order valence-electron chi connectivity index (χ4n) is 2.15. The summed E-state index contributed by atoms with van der Waals surface area (Å²) in [5, 5.41) is 0. The molecule has 2 nitrogen and oxygen atoms in total. The molecule has 0 aliphatic carbocycles. The van der Waals surface area contributed by atoms with Crippen LogP contribution in [0.15, 0.2) is 36.4 Å². The fraction of sp³-hybridized carbons (Fsp3) is 0.357. The Morgan fingerprint density at radius 1 is 1.26 bits per heavy atom. The van der Waals surface area contributed by atoms with Crippen molar-refractivity contribution >= 4 is 11.5 Å². The molecule has 0 N–H and O–H groups in total. The molecule has 0 fully saturated rings. The Kier molecular flexibility index (Phi) is 3.39. The molecule has 19 heavy (non-hydrogen) atoms. The first-order chi connectivity index (χ1) is 8.88. The normalized spacial score (nSPS) is 23.8. The van der Waals surface area contributed by atoms with E-state index in [-0.39, 0.29) is 12.8 Å². The molecule has 0 saturated carbocycles. The van der Waals surface area contributed by atoms with Gasteiger partial charge in [-0.15, -0.1) is 0 Å². The van der Waals surface area contributed by atoms with Crippen LogP contribution in [0.2, 0.25) is 0 Å². The number of halogens is 3. The topological polar surface area (TPSA) is 26.3 Å². The van der Waals surface area contributed by atoms with Crippen LogP contribution in [0.5, 0.6) is 0 Å². The van der Waals surface area contributed by atoms with Crippen molar-refractivity contribution in [1.82, 2.24) is 0 Å². The van der Waals surface area contributed by atoms with Crippen molar-refractivity contribution in [3.63, 3.8) is 0 Å². The number of rotatable bonds is 2. The third-order valence-corrected chi connectivity index (χ3v) is 3.30. The van der Waals surface area contributed by atoms with Gasteiger partial charge in [0.2, 0.25) is 5.60 Å². The van der Waals surface area contributed by atoms with E-state index in [1.807, 2.05) is 0 Å². The summed E-state index contributed by atoms with van der Waals surface area (Å²) in [6.07, 6.45) is -4.09. The lowest BCUT2D eigenvalue weighted by Crippen LogP contribution is -2.50. The smallest absolute Gasteiger partial charge is 0.428 e. The summed E-state index contributed by atoms with van der Waals surface area (Å²) in [6.45, 7) is 1.37. The van der Waals surface area contributed by atoms with Crippen molar-refractivity contribution in [1.29, 1.82) is 0 Å². The zero-order valence-electron chi connectivity index (χ0n) is 10.3. The van der Waals surface area contributed by atoms with Gasteiger partial charge in [0.15, 0.2) is 0 Å². The second-order valence-electron chi connectivity index (χ2n) is 4.48. The SMILES string of the molecule is CC[C@@]1(C(F)(F)F)CC(c2ccccc2)=CC(=O)O1. The minimum atomic E-state index is -4.58. The standard InChI is InChI=1S/C14H13F3O2/c1-2-13(14(15,16)17)9-11(8-12(18)19-13)10-6-4-3-5-7-10/h3-8H,2,9H2,1H3/t13-/m0/s1. The molecule has 1 aromatic carbocycles. The molecule has 1 heterocycles. The maximum absolute atomic E-state index is 13.2. The highest BCUT2D eigenvalue weighted by Crippen LogP contribution is 2.45. The van der Waals surface area contributed by atoms with Gasteiger partial charge >= 0.3 is 12.1 Å². The fourth-order valence-corrected chi connectivity index (χ4v) is 2.15. The number of cyclic esters (lactones) is 1. The van der Waals surface area contributed by atoms with Gasteiger partial charge in [-0.3, -0.25) is 0 Å². The molecule has 1 aliphatic rings. The molecule has 0 amide bonds. The van der Waals surface area contributed by atoms with E-state index in [1.165, 1.54) is 6.92 Å². The van der Waals surface area contributed by atoms with Gasteiger partial charge in [0.05, 0.1) is 0 Å². The van der Waals surface area contributed by atoms with Crippen LogP contribution in [0.1, 0.15) is 25.3 Å². The summed E-state index contributed by atoms with van der Waals surface area (Å²) < 4.78 is 44.1. The largest absolute Gasteiger partial charge is 0.446 e. The number of benzene rings is 1. The van der Waals surface area contributed by atoms with Crippen molar-refractivity contribution in [2.45, 2.75) is 31.5 Å². The molecule has 0 saturated heterocycles. The predicted octanol–water partition coefficient (Wildman–Crippen LogP) is 3.73. The van der Waals surface area contributed by atoms with Gasteiger partial charge in [-0.1, -0.05) is 37.3 Å². The van der Waals surface area contributed by atoms with Gasteiger partial charge in [-0.2, -0.15) is 13.2 Å². The van der Waals surface area contributed by atoms with E-state index in [9.17, 15) is 18.0 Å². The Morgan fingerprint density at radius 2 is 1.89 bits per heavy atom. The van der Waals surface area contributed by atoms with Gasteiger partial charge in [0, 0.05) is 12.5 Å². The van der Waals surface area contributed by atoms with E-state index in [1.54, 1.807) is 30.3 Å². The van der Waals surface area contributed by atoms with E-state index in [4.69, 9.17) is 0 Å². The van der Waals surface area contributed by atoms with Crippen molar-refractivity contribution in [2.24, 2.45) is 0 Å². The molecule has 0 bridgehead atoms. The maximum atomic E-state index is 13.2. The molecule has 1 atom stereocenters. The molecule has 0 unspecified atom stereocenters. The highest BCUT2D eigenvalue weighted by atomic mass is 19.4. The summed E-state index contributed by atoms with van der Waals surface area (Å²) in [6, 6.07) is 8.57. The molecule has 0 radical (unpaired) electrons. The number of esters is 1. The van der Waals surface area contributed by atoms with E-state index in [2.05, 4.69) is 4.74 Å². The molecule has 1 aliphatic heterocycles. The van der Waals surface area contributed by atoms with Crippen LogP contribution in [-0.2, 0) is 9.53 Å². The third-order valence-electron chi connectivity index (χ3n) is 3.30. The van der Waals surface area contributed by atoms with Crippen molar-refractivity contribution < 1.29 is 22.7 Å². The monoisotopic (exact) mass is 270 g/mol. The average molecular weight is 270 g/mol. The van der Waals surface area contributed by atoms with E-state index in [0.717, 1.165) is 6.08 Å². The summed E-state index contributed by atoms with van der Waals surface area (Å²) >= 11 is 0. The summed E-state index contributed by atoms with van der Waals surface area (Å²) in [4.78, 5) is 11.5. The minimum absolute atomic E-state index is 0.299. The van der Waals surface area contributed by atoms with Gasteiger partial charge in [-0.25, -0.2) is 4.79 Å². The van der Waals surface area contributed by atoms with Crippen molar-refractivity contribution in [3.8, 4) is 0 Å². The molecule has 5 heteroatoms. The molecule has 0 aromatic heterocycles. The molecular formula is C14H13F3O2. The quantitative estimate of drug-likeness (QED) is 0.765. The number of carbonyl (C=O) groups excluding carboxylic acids is 1. The Morgan fingerprint density at radius 3 is 2.42 bits per heavy atom. The predicted molar refractivity (Wildman–Crippen MR) is 64.2 cm³/mol. The van der Waals surface area contributed by atoms with Crippen LogP contribution in [0.25, 0.3) is 5.57 Å². The molecule has 102 valence electrons. The first-order valence-corrected chi connectivity index (χ1v) is 5.94. The maximum Gasteiger partial charge on any atom is 0.428 e. The molecular weight excluding hydrogens is 257 g/mol. The Labute approximate surface area is 108 Å². The molecule has 0 spiro atoms. The number of alkyl halides is 3. The second-order valence-corrected chi connectivity index (χ2v) is 4.48. The highest BCUT2D eigenvalue weighted by molar-refractivity contribution is 5.93. The van der Waals surface area contributed by atoms with Crippen LogP contribution in [0.4, 0.5) is 13.2 Å². The lowest BCUT2D eigenvalue weighted by atomic mass is 9.85. The van der Waals surface area contributed by atoms with Gasteiger partial charge in [0.1, 0.15) is 0 Å². The summed E-state index contributed by atoms with van der Waals surface area (Å²) in [5.74, 6) is -0.940. The van der Waals surface area contributed by atoms with E-state index >= 15 is 0 Å². The van der Waals surface area contributed by atoms with E-state index in [0.29, 0.717) is 11.1 Å². The van der Waals surface area contributed by atoms with Crippen LogP contribution in [0, 0.1) is 0 Å². The number of hydrogen-bond donors (Lipinski definition) is 0. The second kappa shape index (κ2) is 4.72. The minimum Gasteiger partial charge on any atom is -0.446 e. The number of hydrogen-bond acceptors (Lipinski definition) is 2. The van der Waals surface area contributed by atoms with Crippen LogP contribution in [0.3, 0.4) is 0 Å². The number of ether oxygens (including phenoxy) is 1. The summed E-state index contributed by atoms with van der Waals surface area (Å²) in [7, 11) is 0. The first-order valence-electron chi connectivity index (χ1n) is 5.94. The average Bonchev–Trinajstić information content (AvgIpc) is 2.37. The Bertz CT molecular complexity index is 505. The van der Waals surface area contributed by atoms with Crippen molar-refractivity contribution in [3.05, 3.63) is 42.0 Å². The lowest BCUT2D eigenvalue weighted by Gasteiger charge is -2.37. The number of carbonyl (C=O) groups is 1. The van der Waals surface area contributed by atoms with E-state index < -0.39 is 17.7 Å². The lowest BCUT2D eigenvalue weighted by molar-refractivity contribution is -0.269. The van der Waals surface area contributed by atoms with Crippen LogP contribution < -0.4 is 0 Å². The van der Waals surface area contributed by atoms with Crippen LogP contribution >= 0.6 is 0 Å².